The number of nitrogens with two attached hydrogens (primary N) is 1. The average molecular weight is 346 g/mol. The summed E-state index contributed by atoms with van der Waals surface area (Å²) in [5.41, 5.74) is 4.17. The molecule has 0 aromatic carbocycles. The minimum absolute atomic E-state index is 0.0123. The highest BCUT2D eigenvalue weighted by atomic mass is 16.6. The highest BCUT2D eigenvalue weighted by molar-refractivity contribution is 5.75. The van der Waals surface area contributed by atoms with Gasteiger partial charge in [-0.2, -0.15) is 0 Å². The van der Waals surface area contributed by atoms with Gasteiger partial charge in [-0.15, -0.1) is 12.3 Å². The second-order valence-electron chi connectivity index (χ2n) is 4.37. The number of hydrogen-bond donors (Lipinski definition) is 2. The van der Waals surface area contributed by atoms with Crippen molar-refractivity contribution in [2.45, 2.75) is 19.3 Å². The van der Waals surface area contributed by atoms with Gasteiger partial charge in [0.15, 0.2) is 0 Å². The molecule has 0 fully saturated rings. The third-order valence-corrected chi connectivity index (χ3v) is 2.47. The topological polar surface area (TPSA) is 109 Å². The number of unbranched alkanes of at least 4 members (excludes halogenated alkanes) is 1. The van der Waals surface area contributed by atoms with Crippen LogP contribution in [0.4, 0.5) is 0 Å². The number of carbonyl (C=O) groups is 2. The normalized spacial score (nSPS) is 9.50. The zero-order chi connectivity index (χ0) is 18.3. The maximum absolute atomic E-state index is 11.3. The van der Waals surface area contributed by atoms with Crippen LogP contribution in [0.2, 0.25) is 0 Å². The summed E-state index contributed by atoms with van der Waals surface area (Å²) in [6.45, 7) is 4.28. The maximum atomic E-state index is 11.3. The SMILES string of the molecule is C#CCCCC(=O)NCCOCCOCCOCCOC.NC=O. The van der Waals surface area contributed by atoms with Crippen molar-refractivity contribution in [3.63, 3.8) is 0 Å². The lowest BCUT2D eigenvalue weighted by Crippen LogP contribution is -2.27. The summed E-state index contributed by atoms with van der Waals surface area (Å²) in [4.78, 5) is 19.9. The monoisotopic (exact) mass is 346 g/mol. The van der Waals surface area contributed by atoms with Gasteiger partial charge in [-0.1, -0.05) is 0 Å². The molecule has 3 N–H and O–H groups in total. The molecule has 2 amide bonds. The van der Waals surface area contributed by atoms with Crippen LogP contribution in [-0.2, 0) is 28.5 Å². The third-order valence-electron chi connectivity index (χ3n) is 2.47. The number of carbonyl (C=O) groups excluding carboxylic acids is 2. The van der Waals surface area contributed by atoms with Crippen LogP contribution in [0.5, 0.6) is 0 Å². The molecule has 8 nitrogen and oxygen atoms in total. The Morgan fingerprint density at radius 1 is 1.08 bits per heavy atom. The predicted molar refractivity (Wildman–Crippen MR) is 90.3 cm³/mol. The van der Waals surface area contributed by atoms with Crippen molar-refractivity contribution in [1.82, 2.24) is 5.32 Å². The lowest BCUT2D eigenvalue weighted by atomic mass is 10.2. The van der Waals surface area contributed by atoms with Crippen molar-refractivity contribution in [1.29, 1.82) is 0 Å². The fourth-order valence-electron chi connectivity index (χ4n) is 1.39. The molecule has 0 atom stereocenters. The van der Waals surface area contributed by atoms with Crippen molar-refractivity contribution in [2.75, 3.05) is 59.9 Å². The number of primary amides is 1. The number of amides is 2. The number of rotatable bonds is 15. The van der Waals surface area contributed by atoms with E-state index in [1.165, 1.54) is 0 Å². The summed E-state index contributed by atoms with van der Waals surface area (Å²) in [5, 5.41) is 2.77. The molecule has 0 aromatic rings. The van der Waals surface area contributed by atoms with Gasteiger partial charge in [0.2, 0.25) is 12.3 Å². The van der Waals surface area contributed by atoms with Gasteiger partial charge >= 0.3 is 0 Å². The van der Waals surface area contributed by atoms with Gasteiger partial charge in [-0.3, -0.25) is 9.59 Å². The molecule has 0 aliphatic rings. The van der Waals surface area contributed by atoms with Gasteiger partial charge in [-0.25, -0.2) is 0 Å². The molecule has 140 valence electrons. The summed E-state index contributed by atoms with van der Waals surface area (Å²) in [5.74, 6) is 2.52. The average Bonchev–Trinajstić information content (AvgIpc) is 2.57. The van der Waals surface area contributed by atoms with Gasteiger partial charge < -0.3 is 30.0 Å². The van der Waals surface area contributed by atoms with E-state index in [1.54, 1.807) is 7.11 Å². The van der Waals surface area contributed by atoms with Gasteiger partial charge in [0.25, 0.3) is 0 Å². The van der Waals surface area contributed by atoms with E-state index in [0.29, 0.717) is 65.6 Å². The Kier molecular flexibility index (Phi) is 24.2. The van der Waals surface area contributed by atoms with Crippen molar-refractivity contribution in [3.05, 3.63) is 0 Å². The van der Waals surface area contributed by atoms with Crippen LogP contribution in [0.15, 0.2) is 0 Å². The molecule has 24 heavy (non-hydrogen) atoms. The van der Waals surface area contributed by atoms with Gasteiger partial charge in [0, 0.05) is 26.5 Å². The number of hydrogen-bond acceptors (Lipinski definition) is 6. The molecule has 0 aromatic heterocycles. The van der Waals surface area contributed by atoms with Crippen molar-refractivity contribution >= 4 is 12.3 Å². The number of terminal acetylenes is 1. The van der Waals surface area contributed by atoms with Crippen LogP contribution in [0.1, 0.15) is 19.3 Å². The van der Waals surface area contributed by atoms with Crippen molar-refractivity contribution in [2.24, 2.45) is 5.73 Å². The molecular formula is C16H30N2O6. The highest BCUT2D eigenvalue weighted by Crippen LogP contribution is 1.92. The van der Waals surface area contributed by atoms with E-state index in [-0.39, 0.29) is 12.3 Å². The fourth-order valence-corrected chi connectivity index (χ4v) is 1.39. The Balaban J connectivity index is 0. The van der Waals surface area contributed by atoms with Crippen LogP contribution in [0, 0.1) is 12.3 Å². The van der Waals surface area contributed by atoms with E-state index in [0.717, 1.165) is 6.42 Å². The van der Waals surface area contributed by atoms with E-state index in [1.807, 2.05) is 0 Å². The number of ether oxygens (including phenoxy) is 4. The fraction of sp³-hybridized carbons (Fsp3) is 0.750. The van der Waals surface area contributed by atoms with E-state index in [9.17, 15) is 4.79 Å². The Labute approximate surface area is 144 Å². The first-order chi connectivity index (χ1) is 11.7. The molecule has 0 saturated carbocycles. The molecule has 0 rings (SSSR count). The largest absolute Gasteiger partial charge is 0.382 e. The summed E-state index contributed by atoms with van der Waals surface area (Å²) in [6.07, 6.45) is 7.19. The van der Waals surface area contributed by atoms with Crippen LogP contribution in [-0.4, -0.2) is 72.2 Å². The molecule has 0 radical (unpaired) electrons. The second kappa shape index (κ2) is 23.6. The molecular weight excluding hydrogens is 316 g/mol. The van der Waals surface area contributed by atoms with Crippen LogP contribution in [0.25, 0.3) is 0 Å². The van der Waals surface area contributed by atoms with Crippen molar-refractivity contribution in [3.8, 4) is 12.3 Å². The van der Waals surface area contributed by atoms with E-state index < -0.39 is 0 Å². The zero-order valence-electron chi connectivity index (χ0n) is 14.5. The van der Waals surface area contributed by atoms with Gasteiger partial charge in [0.1, 0.15) is 0 Å². The lowest BCUT2D eigenvalue weighted by molar-refractivity contribution is -0.121. The summed E-state index contributed by atoms with van der Waals surface area (Å²) in [6, 6.07) is 0. The molecule has 0 saturated heterocycles. The van der Waals surface area contributed by atoms with Gasteiger partial charge in [0.05, 0.1) is 46.2 Å². The Morgan fingerprint density at radius 3 is 2.08 bits per heavy atom. The highest BCUT2D eigenvalue weighted by Gasteiger charge is 1.99. The van der Waals surface area contributed by atoms with Crippen LogP contribution in [0.3, 0.4) is 0 Å². The molecule has 0 aliphatic carbocycles. The Hall–Kier alpha value is -1.66. The first kappa shape index (κ1) is 24.6. The minimum Gasteiger partial charge on any atom is -0.382 e. The second-order valence-corrected chi connectivity index (χ2v) is 4.37. The zero-order valence-corrected chi connectivity index (χ0v) is 14.5. The van der Waals surface area contributed by atoms with Crippen molar-refractivity contribution < 1.29 is 28.5 Å². The maximum Gasteiger partial charge on any atom is 0.220 e. The van der Waals surface area contributed by atoms with Gasteiger partial charge in [-0.05, 0) is 6.42 Å². The van der Waals surface area contributed by atoms with Crippen LogP contribution >= 0.6 is 0 Å². The van der Waals surface area contributed by atoms with E-state index in [4.69, 9.17) is 30.2 Å². The Bertz CT molecular complexity index is 320. The van der Waals surface area contributed by atoms with E-state index >= 15 is 0 Å². The first-order valence-corrected chi connectivity index (χ1v) is 7.80. The number of nitrogens with one attached hydrogen (secondary N) is 1. The first-order valence-electron chi connectivity index (χ1n) is 7.80. The van der Waals surface area contributed by atoms with Crippen LogP contribution < -0.4 is 11.1 Å². The smallest absolute Gasteiger partial charge is 0.220 e. The molecule has 0 spiro atoms. The summed E-state index contributed by atoms with van der Waals surface area (Å²) >= 11 is 0. The standard InChI is InChI=1S/C15H27NO5.CH3NO/c1-3-4-5-6-15(17)16-7-8-19-11-12-21-14-13-20-10-9-18-2;2-1-3/h1H,4-14H2,2H3,(H,16,17);1H,(H2,2,3). The summed E-state index contributed by atoms with van der Waals surface area (Å²) in [7, 11) is 1.64. The molecule has 0 unspecified atom stereocenters. The predicted octanol–water partition coefficient (Wildman–Crippen LogP) is -0.296. The number of methoxy groups -OCH3 is 1. The molecule has 0 aliphatic heterocycles. The van der Waals surface area contributed by atoms with E-state index in [2.05, 4.69) is 17.0 Å². The molecule has 0 heterocycles. The Morgan fingerprint density at radius 2 is 1.58 bits per heavy atom. The molecule has 0 bridgehead atoms. The molecule has 8 heteroatoms. The quantitative estimate of drug-likeness (QED) is 0.239. The third kappa shape index (κ3) is 25.3. The summed E-state index contributed by atoms with van der Waals surface area (Å²) < 4.78 is 20.7. The minimum atomic E-state index is 0.0123. The lowest BCUT2D eigenvalue weighted by Gasteiger charge is -2.07.